The molecule has 1 aliphatic heterocycles. The zero-order chi connectivity index (χ0) is 20.5. The number of aromatic hydroxyl groups is 2. The summed E-state index contributed by atoms with van der Waals surface area (Å²) in [6, 6.07) is 9.73. The van der Waals surface area contributed by atoms with E-state index >= 15 is 0 Å². The van der Waals surface area contributed by atoms with Gasteiger partial charge in [0.2, 0.25) is 0 Å². The lowest BCUT2D eigenvalue weighted by Crippen LogP contribution is -2.28. The number of carbonyl (C=O) groups is 2. The SMILES string of the molecule is O=C1C(=O)N(Cc2cccs2)C(c2ccc(O)cc2O)/C1=C(\O)c1cccnc1. The summed E-state index contributed by atoms with van der Waals surface area (Å²) in [6.07, 6.45) is 2.91. The molecule has 1 fully saturated rings. The van der Waals surface area contributed by atoms with E-state index in [1.54, 1.807) is 12.1 Å². The minimum absolute atomic E-state index is 0.136. The van der Waals surface area contributed by atoms with E-state index in [0.29, 0.717) is 0 Å². The molecule has 8 heteroatoms. The molecule has 1 aromatic carbocycles. The van der Waals surface area contributed by atoms with E-state index in [9.17, 15) is 24.9 Å². The van der Waals surface area contributed by atoms with Gasteiger partial charge in [0, 0.05) is 34.5 Å². The van der Waals surface area contributed by atoms with Crippen LogP contribution >= 0.6 is 11.3 Å². The molecule has 1 amide bonds. The van der Waals surface area contributed by atoms with E-state index in [2.05, 4.69) is 4.98 Å². The summed E-state index contributed by atoms with van der Waals surface area (Å²) in [4.78, 5) is 31.8. The number of aromatic nitrogens is 1. The van der Waals surface area contributed by atoms with Crippen molar-refractivity contribution in [1.82, 2.24) is 9.88 Å². The molecule has 1 saturated heterocycles. The molecule has 1 aliphatic rings. The third kappa shape index (κ3) is 3.34. The van der Waals surface area contributed by atoms with E-state index in [0.717, 1.165) is 10.9 Å². The maximum Gasteiger partial charge on any atom is 0.295 e. The van der Waals surface area contributed by atoms with E-state index in [4.69, 9.17) is 0 Å². The summed E-state index contributed by atoms with van der Waals surface area (Å²) in [5.41, 5.74) is 0.370. The van der Waals surface area contributed by atoms with Crippen molar-refractivity contribution in [3.05, 3.63) is 81.8 Å². The number of phenolic OH excluding ortho intramolecular Hbond substituents is 2. The number of benzene rings is 1. The fourth-order valence-corrected chi connectivity index (χ4v) is 4.06. The van der Waals surface area contributed by atoms with E-state index < -0.39 is 17.7 Å². The smallest absolute Gasteiger partial charge is 0.295 e. The predicted octanol–water partition coefficient (Wildman–Crippen LogP) is 3.18. The van der Waals surface area contributed by atoms with Gasteiger partial charge in [0.05, 0.1) is 18.2 Å². The van der Waals surface area contributed by atoms with Crippen LogP contribution in [0.4, 0.5) is 0 Å². The summed E-state index contributed by atoms with van der Waals surface area (Å²) in [5.74, 6) is -2.44. The molecule has 0 saturated carbocycles. The molecule has 3 N–H and O–H groups in total. The van der Waals surface area contributed by atoms with Crippen LogP contribution in [0.25, 0.3) is 5.76 Å². The quantitative estimate of drug-likeness (QED) is 0.347. The van der Waals surface area contributed by atoms with Crippen LogP contribution in [0.2, 0.25) is 0 Å². The molecule has 4 rings (SSSR count). The maximum atomic E-state index is 12.9. The second-order valence-electron chi connectivity index (χ2n) is 6.49. The highest BCUT2D eigenvalue weighted by Gasteiger charge is 2.47. The molecule has 3 aromatic rings. The number of phenols is 2. The summed E-state index contributed by atoms with van der Waals surface area (Å²) in [7, 11) is 0. The van der Waals surface area contributed by atoms with Crippen LogP contribution in [-0.4, -0.2) is 36.9 Å². The highest BCUT2D eigenvalue weighted by atomic mass is 32.1. The second-order valence-corrected chi connectivity index (χ2v) is 7.52. The molecule has 0 aliphatic carbocycles. The lowest BCUT2D eigenvalue weighted by molar-refractivity contribution is -0.140. The summed E-state index contributed by atoms with van der Waals surface area (Å²) < 4.78 is 0. The number of hydrogen-bond donors (Lipinski definition) is 3. The third-order valence-corrected chi connectivity index (χ3v) is 5.55. The van der Waals surface area contributed by atoms with Crippen LogP contribution in [0.15, 0.2) is 65.8 Å². The number of carbonyl (C=O) groups excluding carboxylic acids is 2. The van der Waals surface area contributed by atoms with Gasteiger partial charge in [0.1, 0.15) is 17.3 Å². The average Bonchev–Trinajstić information content (AvgIpc) is 3.31. The first-order valence-electron chi connectivity index (χ1n) is 8.70. The number of rotatable bonds is 4. The Morgan fingerprint density at radius 2 is 1.97 bits per heavy atom. The Bertz CT molecular complexity index is 1110. The number of pyridine rings is 1. The van der Waals surface area contributed by atoms with Gasteiger partial charge in [-0.25, -0.2) is 0 Å². The van der Waals surface area contributed by atoms with Gasteiger partial charge in [-0.05, 0) is 35.7 Å². The molecule has 2 aromatic heterocycles. The largest absolute Gasteiger partial charge is 0.508 e. The second kappa shape index (κ2) is 7.40. The average molecular weight is 408 g/mol. The van der Waals surface area contributed by atoms with Crippen LogP contribution in [0.5, 0.6) is 11.5 Å². The number of Topliss-reactive ketones (excluding diaryl/α,β-unsaturated/α-hetero) is 1. The predicted molar refractivity (Wildman–Crippen MR) is 106 cm³/mol. The molecule has 146 valence electrons. The van der Waals surface area contributed by atoms with E-state index in [1.165, 1.54) is 40.8 Å². The minimum atomic E-state index is -1.02. The number of ketones is 1. The van der Waals surface area contributed by atoms with Crippen molar-refractivity contribution in [1.29, 1.82) is 0 Å². The summed E-state index contributed by atoms with van der Waals surface area (Å²) in [6.45, 7) is 0.136. The zero-order valence-corrected chi connectivity index (χ0v) is 15.8. The molecular weight excluding hydrogens is 392 g/mol. The third-order valence-electron chi connectivity index (χ3n) is 4.69. The number of aliphatic hydroxyl groups is 1. The number of aliphatic hydroxyl groups excluding tert-OH is 1. The number of nitrogens with zero attached hydrogens (tertiary/aromatic N) is 2. The zero-order valence-electron chi connectivity index (χ0n) is 15.0. The Kier molecular flexibility index (Phi) is 4.77. The van der Waals surface area contributed by atoms with Gasteiger partial charge in [-0.2, -0.15) is 0 Å². The Balaban J connectivity index is 1.90. The molecular formula is C21H16N2O5S. The summed E-state index contributed by atoms with van der Waals surface area (Å²) >= 11 is 1.43. The van der Waals surface area contributed by atoms with Crippen LogP contribution in [0.3, 0.4) is 0 Å². The number of thiophene rings is 1. The topological polar surface area (TPSA) is 111 Å². The molecule has 0 spiro atoms. The first kappa shape index (κ1) is 18.7. The Labute approximate surface area is 169 Å². The number of amides is 1. The van der Waals surface area contributed by atoms with Gasteiger partial charge in [0.15, 0.2) is 0 Å². The molecule has 0 bridgehead atoms. The molecule has 0 radical (unpaired) electrons. The Morgan fingerprint density at radius 1 is 1.14 bits per heavy atom. The molecule has 1 unspecified atom stereocenters. The monoisotopic (exact) mass is 408 g/mol. The molecule has 1 atom stereocenters. The van der Waals surface area contributed by atoms with Crippen LogP contribution in [-0.2, 0) is 16.1 Å². The fraction of sp³-hybridized carbons (Fsp3) is 0.0952. The Morgan fingerprint density at radius 3 is 2.62 bits per heavy atom. The van der Waals surface area contributed by atoms with Crippen molar-refractivity contribution < 1.29 is 24.9 Å². The first-order valence-corrected chi connectivity index (χ1v) is 9.58. The van der Waals surface area contributed by atoms with Crippen molar-refractivity contribution in [2.45, 2.75) is 12.6 Å². The Hall–Kier alpha value is -3.65. The lowest BCUT2D eigenvalue weighted by atomic mass is 9.95. The molecule has 3 heterocycles. The van der Waals surface area contributed by atoms with Crippen molar-refractivity contribution in [3.63, 3.8) is 0 Å². The normalized spacial score (nSPS) is 18.3. The minimum Gasteiger partial charge on any atom is -0.508 e. The van der Waals surface area contributed by atoms with Gasteiger partial charge in [-0.15, -0.1) is 11.3 Å². The van der Waals surface area contributed by atoms with Gasteiger partial charge in [-0.3, -0.25) is 14.6 Å². The van der Waals surface area contributed by atoms with Crippen LogP contribution in [0, 0.1) is 0 Å². The van der Waals surface area contributed by atoms with Gasteiger partial charge < -0.3 is 20.2 Å². The fourth-order valence-electron chi connectivity index (χ4n) is 3.36. The lowest BCUT2D eigenvalue weighted by Gasteiger charge is -2.25. The number of likely N-dealkylation sites (tertiary alicyclic amines) is 1. The van der Waals surface area contributed by atoms with E-state index in [1.807, 2.05) is 17.5 Å². The van der Waals surface area contributed by atoms with Crippen LogP contribution in [0.1, 0.15) is 22.0 Å². The first-order chi connectivity index (χ1) is 14.0. The van der Waals surface area contributed by atoms with Gasteiger partial charge >= 0.3 is 0 Å². The van der Waals surface area contributed by atoms with Crippen molar-refractivity contribution in [3.8, 4) is 11.5 Å². The van der Waals surface area contributed by atoms with E-state index in [-0.39, 0.29) is 40.5 Å². The highest BCUT2D eigenvalue weighted by molar-refractivity contribution is 7.09. The van der Waals surface area contributed by atoms with Gasteiger partial charge in [-0.1, -0.05) is 6.07 Å². The highest BCUT2D eigenvalue weighted by Crippen LogP contribution is 2.44. The van der Waals surface area contributed by atoms with Crippen molar-refractivity contribution in [2.75, 3.05) is 0 Å². The maximum absolute atomic E-state index is 12.9. The standard InChI is InChI=1S/C21H16N2O5S/c24-13-5-6-15(16(25)9-13)18-17(19(26)12-3-1-7-22-10-12)20(27)21(28)23(18)11-14-4-2-8-29-14/h1-10,18,24-26H,11H2/b19-17+. The number of hydrogen-bond acceptors (Lipinski definition) is 7. The van der Waals surface area contributed by atoms with Gasteiger partial charge in [0.25, 0.3) is 11.7 Å². The van der Waals surface area contributed by atoms with Crippen LogP contribution < -0.4 is 0 Å². The van der Waals surface area contributed by atoms with Crippen molar-refractivity contribution >= 4 is 28.8 Å². The summed E-state index contributed by atoms with van der Waals surface area (Å²) in [5, 5.41) is 32.7. The molecule has 29 heavy (non-hydrogen) atoms. The van der Waals surface area contributed by atoms with Crippen molar-refractivity contribution in [2.24, 2.45) is 0 Å². The molecule has 7 nitrogen and oxygen atoms in total.